The normalized spacial score (nSPS) is 9.56. The average Bonchev–Trinajstić information content (AvgIpc) is 1.80. The average molecular weight is 127 g/mol. The van der Waals surface area contributed by atoms with Gasteiger partial charge in [0.15, 0.2) is 0 Å². The summed E-state index contributed by atoms with van der Waals surface area (Å²) in [7, 11) is 0. The molecule has 0 radical (unpaired) electrons. The molecule has 0 aromatic carbocycles. The highest BCUT2D eigenvalue weighted by molar-refractivity contribution is 4.55. The Morgan fingerprint density at radius 3 is 2.67 bits per heavy atom. The lowest BCUT2D eigenvalue weighted by Crippen LogP contribution is -2.04. The molecule has 0 heterocycles. The summed E-state index contributed by atoms with van der Waals surface area (Å²) in [6.07, 6.45) is 0. The van der Waals surface area contributed by atoms with E-state index in [4.69, 9.17) is 11.3 Å². The first-order chi connectivity index (χ1) is 4.27. The molecule has 0 aromatic rings. The van der Waals surface area contributed by atoms with Crippen molar-refractivity contribution in [1.29, 1.82) is 0 Å². The SMILES string of the molecule is [C-]#[N+]CCOCC(C)C. The minimum Gasteiger partial charge on any atom is -0.373 e. The van der Waals surface area contributed by atoms with E-state index in [2.05, 4.69) is 18.7 Å². The van der Waals surface area contributed by atoms with E-state index in [9.17, 15) is 0 Å². The zero-order chi connectivity index (χ0) is 7.11. The molecule has 9 heavy (non-hydrogen) atoms. The second-order valence-electron chi connectivity index (χ2n) is 2.35. The number of hydrogen-bond donors (Lipinski definition) is 0. The van der Waals surface area contributed by atoms with Gasteiger partial charge in [-0.2, -0.15) is 0 Å². The monoisotopic (exact) mass is 127 g/mol. The molecule has 0 saturated carbocycles. The van der Waals surface area contributed by atoms with Gasteiger partial charge in [0.1, 0.15) is 6.61 Å². The molecule has 0 rings (SSSR count). The van der Waals surface area contributed by atoms with Crippen LogP contribution in [0.15, 0.2) is 0 Å². The van der Waals surface area contributed by atoms with Crippen LogP contribution in [0.5, 0.6) is 0 Å². The number of nitrogens with zero attached hydrogens (tertiary/aromatic N) is 1. The van der Waals surface area contributed by atoms with Gasteiger partial charge in [-0.25, -0.2) is 6.57 Å². The van der Waals surface area contributed by atoms with Crippen molar-refractivity contribution < 1.29 is 4.74 Å². The fourth-order valence-electron chi connectivity index (χ4n) is 0.429. The van der Waals surface area contributed by atoms with Crippen LogP contribution in [0.3, 0.4) is 0 Å². The van der Waals surface area contributed by atoms with Gasteiger partial charge in [0.05, 0.1) is 0 Å². The summed E-state index contributed by atoms with van der Waals surface area (Å²) in [5, 5.41) is 0. The summed E-state index contributed by atoms with van der Waals surface area (Å²) in [4.78, 5) is 3.16. The lowest BCUT2D eigenvalue weighted by atomic mass is 10.2. The van der Waals surface area contributed by atoms with Crippen molar-refractivity contribution in [3.63, 3.8) is 0 Å². The lowest BCUT2D eigenvalue weighted by Gasteiger charge is -2.01. The summed E-state index contributed by atoms with van der Waals surface area (Å²) < 4.78 is 5.12. The minimum atomic E-state index is 0.493. The molecule has 0 aromatic heterocycles. The number of hydrogen-bond acceptors (Lipinski definition) is 1. The third-order valence-corrected chi connectivity index (χ3v) is 0.799. The Bertz CT molecular complexity index is 93.6. The topological polar surface area (TPSA) is 13.6 Å². The van der Waals surface area contributed by atoms with Crippen LogP contribution in [0.25, 0.3) is 4.85 Å². The van der Waals surface area contributed by atoms with Crippen molar-refractivity contribution in [1.82, 2.24) is 0 Å². The first kappa shape index (κ1) is 8.45. The zero-order valence-corrected chi connectivity index (χ0v) is 6.05. The molecule has 0 fully saturated rings. The van der Waals surface area contributed by atoms with E-state index in [1.54, 1.807) is 0 Å². The van der Waals surface area contributed by atoms with E-state index in [0.29, 0.717) is 19.1 Å². The predicted molar refractivity (Wildman–Crippen MR) is 37.1 cm³/mol. The Hall–Kier alpha value is -0.550. The van der Waals surface area contributed by atoms with Gasteiger partial charge in [0, 0.05) is 6.61 Å². The molecule has 0 saturated heterocycles. The van der Waals surface area contributed by atoms with Crippen LogP contribution < -0.4 is 0 Å². The molecule has 0 aliphatic carbocycles. The quantitative estimate of drug-likeness (QED) is 0.413. The number of ether oxygens (including phenoxy) is 1. The van der Waals surface area contributed by atoms with Crippen LogP contribution in [-0.2, 0) is 4.74 Å². The third kappa shape index (κ3) is 7.45. The molecule has 0 spiro atoms. The Morgan fingerprint density at radius 1 is 1.56 bits per heavy atom. The van der Waals surface area contributed by atoms with E-state index >= 15 is 0 Å². The molecular weight excluding hydrogens is 114 g/mol. The lowest BCUT2D eigenvalue weighted by molar-refractivity contribution is 0.120. The molecule has 0 bridgehead atoms. The Kier molecular flexibility index (Phi) is 5.24. The van der Waals surface area contributed by atoms with E-state index in [0.717, 1.165) is 6.61 Å². The van der Waals surface area contributed by atoms with Gasteiger partial charge in [-0.1, -0.05) is 13.8 Å². The molecule has 0 atom stereocenters. The second-order valence-corrected chi connectivity index (χ2v) is 2.35. The van der Waals surface area contributed by atoms with Gasteiger partial charge in [-0.15, -0.1) is 0 Å². The van der Waals surface area contributed by atoms with Crippen LogP contribution in [0, 0.1) is 12.5 Å². The maximum absolute atomic E-state index is 6.43. The van der Waals surface area contributed by atoms with E-state index in [-0.39, 0.29) is 0 Å². The van der Waals surface area contributed by atoms with Crippen LogP contribution in [0.1, 0.15) is 13.8 Å². The van der Waals surface area contributed by atoms with E-state index in [1.165, 1.54) is 0 Å². The zero-order valence-electron chi connectivity index (χ0n) is 6.05. The molecule has 0 N–H and O–H groups in total. The van der Waals surface area contributed by atoms with Gasteiger partial charge in [0.25, 0.3) is 0 Å². The second kappa shape index (κ2) is 5.58. The Balaban J connectivity index is 2.85. The summed E-state index contributed by atoms with van der Waals surface area (Å²) in [6, 6.07) is 0. The molecule has 0 amide bonds. The molecule has 2 heteroatoms. The van der Waals surface area contributed by atoms with Crippen LogP contribution in [-0.4, -0.2) is 19.8 Å². The molecule has 0 aliphatic rings. The largest absolute Gasteiger partial charge is 0.373 e. The standard InChI is InChI=1S/C7H13NO/c1-7(2)6-9-5-4-8-3/h7H,4-6H2,1-2H3. The first-order valence-electron chi connectivity index (χ1n) is 3.18. The van der Waals surface area contributed by atoms with Gasteiger partial charge < -0.3 is 9.58 Å². The van der Waals surface area contributed by atoms with Crippen LogP contribution >= 0.6 is 0 Å². The van der Waals surface area contributed by atoms with Crippen molar-refractivity contribution in [2.45, 2.75) is 13.8 Å². The summed E-state index contributed by atoms with van der Waals surface area (Å²) in [5.41, 5.74) is 0. The van der Waals surface area contributed by atoms with Crippen molar-refractivity contribution >= 4 is 0 Å². The molecule has 0 unspecified atom stereocenters. The molecular formula is C7H13NO. The van der Waals surface area contributed by atoms with Crippen LogP contribution in [0.4, 0.5) is 0 Å². The predicted octanol–water partition coefficient (Wildman–Crippen LogP) is 1.58. The highest BCUT2D eigenvalue weighted by Gasteiger charge is 1.92. The number of rotatable bonds is 4. The Morgan fingerprint density at radius 2 is 2.22 bits per heavy atom. The highest BCUT2D eigenvalue weighted by atomic mass is 16.5. The summed E-state index contributed by atoms with van der Waals surface area (Å²) in [6.45, 7) is 12.5. The van der Waals surface area contributed by atoms with Crippen molar-refractivity contribution in [3.8, 4) is 0 Å². The maximum Gasteiger partial charge on any atom is 0.237 e. The van der Waals surface area contributed by atoms with Crippen molar-refractivity contribution in [2.75, 3.05) is 19.8 Å². The molecule has 2 nitrogen and oxygen atoms in total. The van der Waals surface area contributed by atoms with E-state index < -0.39 is 0 Å². The fraction of sp³-hybridized carbons (Fsp3) is 0.857. The summed E-state index contributed by atoms with van der Waals surface area (Å²) >= 11 is 0. The van der Waals surface area contributed by atoms with Gasteiger partial charge in [0.2, 0.25) is 6.54 Å². The molecule has 52 valence electrons. The van der Waals surface area contributed by atoms with Gasteiger partial charge in [-0.3, -0.25) is 0 Å². The smallest absolute Gasteiger partial charge is 0.237 e. The maximum atomic E-state index is 6.43. The fourth-order valence-corrected chi connectivity index (χ4v) is 0.429. The highest BCUT2D eigenvalue weighted by Crippen LogP contribution is 1.91. The Labute approximate surface area is 56.6 Å². The third-order valence-electron chi connectivity index (χ3n) is 0.799. The van der Waals surface area contributed by atoms with E-state index in [1.807, 2.05) is 0 Å². The van der Waals surface area contributed by atoms with Crippen LogP contribution in [0.2, 0.25) is 0 Å². The van der Waals surface area contributed by atoms with Crippen molar-refractivity contribution in [2.24, 2.45) is 5.92 Å². The first-order valence-corrected chi connectivity index (χ1v) is 3.18. The van der Waals surface area contributed by atoms with Crippen molar-refractivity contribution in [3.05, 3.63) is 11.4 Å². The molecule has 0 aliphatic heterocycles. The minimum absolute atomic E-state index is 0.493. The van der Waals surface area contributed by atoms with Gasteiger partial charge in [-0.05, 0) is 5.92 Å². The summed E-state index contributed by atoms with van der Waals surface area (Å²) in [5.74, 6) is 0.579. The van der Waals surface area contributed by atoms with Gasteiger partial charge >= 0.3 is 0 Å².